The summed E-state index contributed by atoms with van der Waals surface area (Å²) >= 11 is 1.17. The van der Waals surface area contributed by atoms with E-state index in [-0.39, 0.29) is 5.13 Å². The lowest BCUT2D eigenvalue weighted by molar-refractivity contribution is -0.114. The third-order valence-corrected chi connectivity index (χ3v) is 5.57. The van der Waals surface area contributed by atoms with Crippen LogP contribution in [0, 0.1) is 0 Å². The van der Waals surface area contributed by atoms with E-state index in [4.69, 9.17) is 4.74 Å². The molecule has 0 atom stereocenters. The maximum Gasteiger partial charge on any atom is 0.241 e. The molecular weight excluding hydrogens is 392 g/mol. The second kappa shape index (κ2) is 9.42. The number of aryl methyl sites for hydroxylation is 1. The normalized spacial score (nSPS) is 11.0. The quantitative estimate of drug-likeness (QED) is 0.639. The first-order valence-corrected chi connectivity index (χ1v) is 10.8. The van der Waals surface area contributed by atoms with Gasteiger partial charge in [0, 0.05) is 0 Å². The number of carbonyl (C=O) groups is 2. The monoisotopic (exact) mass is 412 g/mol. The highest BCUT2D eigenvalue weighted by Crippen LogP contribution is 2.23. The van der Waals surface area contributed by atoms with Gasteiger partial charge in [-0.3, -0.25) is 14.9 Å². The number of ether oxygens (including phenoxy) is 1. The van der Waals surface area contributed by atoms with Crippen molar-refractivity contribution in [1.82, 2.24) is 10.2 Å². The predicted octanol–water partition coefficient (Wildman–Crippen LogP) is 1.49. The summed E-state index contributed by atoms with van der Waals surface area (Å²) in [7, 11) is -3.95. The van der Waals surface area contributed by atoms with Gasteiger partial charge in [-0.15, -0.1) is 10.2 Å². The lowest BCUT2D eigenvalue weighted by Gasteiger charge is -2.11. The highest BCUT2D eigenvalue weighted by molar-refractivity contribution is 7.92. The van der Waals surface area contributed by atoms with Crippen LogP contribution < -0.4 is 15.4 Å². The zero-order chi connectivity index (χ0) is 19.9. The fourth-order valence-corrected chi connectivity index (χ4v) is 3.83. The molecule has 0 radical (unpaired) electrons. The van der Waals surface area contributed by atoms with Gasteiger partial charge in [0.15, 0.2) is 9.84 Å². The van der Waals surface area contributed by atoms with Crippen molar-refractivity contribution in [3.63, 3.8) is 0 Å². The molecule has 1 heterocycles. The predicted molar refractivity (Wildman–Crippen MR) is 103 cm³/mol. The molecule has 146 valence electrons. The first-order valence-electron chi connectivity index (χ1n) is 8.17. The van der Waals surface area contributed by atoms with Crippen LogP contribution in [0.2, 0.25) is 0 Å². The van der Waals surface area contributed by atoms with Gasteiger partial charge in [0.1, 0.15) is 22.3 Å². The first kappa shape index (κ1) is 20.8. The van der Waals surface area contributed by atoms with Gasteiger partial charge in [0.05, 0.1) is 12.3 Å². The molecule has 0 unspecified atom stereocenters. The van der Waals surface area contributed by atoms with Gasteiger partial charge in [0.25, 0.3) is 0 Å². The molecule has 0 aliphatic rings. The molecule has 0 fully saturated rings. The second-order valence-corrected chi connectivity index (χ2v) is 8.54. The number of nitrogens with zero attached hydrogens (tertiary/aromatic N) is 2. The summed E-state index contributed by atoms with van der Waals surface area (Å²) in [6, 6.07) is 6.68. The summed E-state index contributed by atoms with van der Waals surface area (Å²) in [5, 5.41) is 13.4. The number of amides is 2. The van der Waals surface area contributed by atoms with E-state index in [9.17, 15) is 18.0 Å². The van der Waals surface area contributed by atoms with E-state index in [0.717, 1.165) is 5.01 Å². The molecule has 1 aromatic heterocycles. The zero-order valence-electron chi connectivity index (χ0n) is 14.9. The van der Waals surface area contributed by atoms with E-state index >= 15 is 0 Å². The average Bonchev–Trinajstić information content (AvgIpc) is 3.03. The Morgan fingerprint density at radius 1 is 1.07 bits per heavy atom. The highest BCUT2D eigenvalue weighted by atomic mass is 32.2. The maximum atomic E-state index is 12.1. The van der Waals surface area contributed by atoms with Gasteiger partial charge < -0.3 is 10.1 Å². The van der Waals surface area contributed by atoms with Gasteiger partial charge in [-0.1, -0.05) is 30.4 Å². The van der Waals surface area contributed by atoms with Crippen LogP contribution in [0.15, 0.2) is 24.3 Å². The molecule has 1 aromatic carbocycles. The molecule has 2 N–H and O–H groups in total. The smallest absolute Gasteiger partial charge is 0.241 e. The van der Waals surface area contributed by atoms with E-state index < -0.39 is 33.2 Å². The summed E-state index contributed by atoms with van der Waals surface area (Å²) in [5.41, 5.74) is 0.366. The summed E-state index contributed by atoms with van der Waals surface area (Å²) < 4.78 is 29.6. The van der Waals surface area contributed by atoms with Crippen LogP contribution in [0.5, 0.6) is 5.75 Å². The number of hydrogen-bond acceptors (Lipinski definition) is 8. The lowest BCUT2D eigenvalue weighted by atomic mass is 10.3. The number of rotatable bonds is 9. The Morgan fingerprint density at radius 3 is 2.37 bits per heavy atom. The van der Waals surface area contributed by atoms with Crippen molar-refractivity contribution in [1.29, 1.82) is 0 Å². The summed E-state index contributed by atoms with van der Waals surface area (Å²) in [6.07, 6.45) is 0.662. The van der Waals surface area contributed by atoms with Crippen molar-refractivity contribution < 1.29 is 22.7 Å². The van der Waals surface area contributed by atoms with Gasteiger partial charge in [0.2, 0.25) is 16.9 Å². The van der Waals surface area contributed by atoms with E-state index in [1.54, 1.807) is 31.2 Å². The van der Waals surface area contributed by atoms with Crippen LogP contribution in [0.4, 0.5) is 10.8 Å². The molecule has 9 nitrogen and oxygen atoms in total. The number of benzene rings is 1. The van der Waals surface area contributed by atoms with Gasteiger partial charge in [-0.25, -0.2) is 8.42 Å². The fourth-order valence-electron chi connectivity index (χ4n) is 2.09. The molecule has 0 aliphatic heterocycles. The largest absolute Gasteiger partial charge is 0.492 e. The van der Waals surface area contributed by atoms with E-state index in [2.05, 4.69) is 20.8 Å². The molecule has 2 rings (SSSR count). The average molecular weight is 412 g/mol. The minimum atomic E-state index is -3.95. The van der Waals surface area contributed by atoms with E-state index in [0.29, 0.717) is 24.5 Å². The molecular formula is C16H20N4O5S2. The maximum absolute atomic E-state index is 12.1. The highest BCUT2D eigenvalue weighted by Gasteiger charge is 2.22. The lowest BCUT2D eigenvalue weighted by Crippen LogP contribution is -2.30. The minimum absolute atomic E-state index is 0.224. The Hall–Kier alpha value is -2.53. The van der Waals surface area contributed by atoms with Crippen molar-refractivity contribution in [2.45, 2.75) is 20.3 Å². The summed E-state index contributed by atoms with van der Waals surface area (Å²) in [6.45, 7) is 4.08. The Balaban J connectivity index is 1.93. The van der Waals surface area contributed by atoms with Crippen molar-refractivity contribution in [2.24, 2.45) is 0 Å². The van der Waals surface area contributed by atoms with Crippen LogP contribution >= 0.6 is 11.3 Å². The van der Waals surface area contributed by atoms with Crippen molar-refractivity contribution >= 4 is 43.8 Å². The molecule has 0 saturated heterocycles. The van der Waals surface area contributed by atoms with Gasteiger partial charge >= 0.3 is 0 Å². The van der Waals surface area contributed by atoms with E-state index in [1.165, 1.54) is 11.3 Å². The van der Waals surface area contributed by atoms with Crippen LogP contribution in [-0.2, 0) is 25.8 Å². The zero-order valence-corrected chi connectivity index (χ0v) is 16.5. The molecule has 11 heteroatoms. The topological polar surface area (TPSA) is 127 Å². The van der Waals surface area contributed by atoms with Crippen molar-refractivity contribution in [3.05, 3.63) is 29.3 Å². The van der Waals surface area contributed by atoms with E-state index in [1.807, 2.05) is 6.92 Å². The number of aromatic nitrogens is 2. The number of para-hydroxylation sites is 2. The van der Waals surface area contributed by atoms with Crippen LogP contribution in [0.25, 0.3) is 0 Å². The Kier molecular flexibility index (Phi) is 7.25. The molecule has 2 aromatic rings. The Bertz CT molecular complexity index is 911. The number of sulfone groups is 1. The third kappa shape index (κ3) is 6.61. The van der Waals surface area contributed by atoms with Crippen molar-refractivity contribution in [2.75, 3.05) is 28.7 Å². The third-order valence-electron chi connectivity index (χ3n) is 3.18. The molecule has 0 spiro atoms. The fraction of sp³-hybridized carbons (Fsp3) is 0.375. The SMILES string of the molecule is CCOc1ccccc1NC(=O)CS(=O)(=O)CC(=O)Nc1nnc(CC)s1. The Morgan fingerprint density at radius 2 is 1.74 bits per heavy atom. The number of carbonyl (C=O) groups excluding carboxylic acids is 2. The standard InChI is InChI=1S/C16H20N4O5S2/c1-3-15-19-20-16(26-15)18-14(22)10-27(23,24)9-13(21)17-11-7-5-6-8-12(11)25-4-2/h5-8H,3-4,9-10H2,1-2H3,(H,17,21)(H,18,20,22). The molecule has 0 saturated carbocycles. The summed E-state index contributed by atoms with van der Waals surface area (Å²) in [4.78, 5) is 24.0. The van der Waals surface area contributed by atoms with Crippen LogP contribution in [0.1, 0.15) is 18.9 Å². The number of hydrogen-bond donors (Lipinski definition) is 2. The van der Waals surface area contributed by atoms with Crippen molar-refractivity contribution in [3.8, 4) is 5.75 Å². The molecule has 0 aliphatic carbocycles. The number of anilines is 2. The molecule has 2 amide bonds. The number of nitrogens with one attached hydrogen (secondary N) is 2. The van der Waals surface area contributed by atoms with Crippen LogP contribution in [-0.4, -0.2) is 48.5 Å². The van der Waals surface area contributed by atoms with Gasteiger partial charge in [-0.2, -0.15) is 0 Å². The second-order valence-electron chi connectivity index (χ2n) is 5.41. The molecule has 27 heavy (non-hydrogen) atoms. The first-order chi connectivity index (χ1) is 12.8. The molecule has 0 bridgehead atoms. The van der Waals surface area contributed by atoms with Crippen LogP contribution in [0.3, 0.4) is 0 Å². The van der Waals surface area contributed by atoms with Gasteiger partial charge in [-0.05, 0) is 25.5 Å². The minimum Gasteiger partial charge on any atom is -0.492 e. The Labute approximate surface area is 161 Å². The summed E-state index contributed by atoms with van der Waals surface area (Å²) in [5.74, 6) is -2.73.